The molecule has 1 aromatic heterocycles. The highest BCUT2D eigenvalue weighted by Gasteiger charge is 2.22. The maximum atomic E-state index is 13.4. The van der Waals surface area contributed by atoms with Crippen molar-refractivity contribution in [3.05, 3.63) is 51.2 Å². The normalized spacial score (nSPS) is 15.9. The largest absolute Gasteiger partial charge is 0.379 e. The van der Waals surface area contributed by atoms with Gasteiger partial charge in [0.25, 0.3) is 0 Å². The Balaban J connectivity index is 0.00000341. The number of aromatic nitrogens is 1. The van der Waals surface area contributed by atoms with Gasteiger partial charge in [0.15, 0.2) is 5.96 Å². The number of hydrogen-bond donors (Lipinski definition) is 2. The summed E-state index contributed by atoms with van der Waals surface area (Å²) in [6, 6.07) is 6.86. The molecular weight excluding hydrogens is 528 g/mol. The first kappa shape index (κ1) is 26.0. The summed E-state index contributed by atoms with van der Waals surface area (Å²) in [4.78, 5) is 13.0. The first-order valence-electron chi connectivity index (χ1n) is 10.6. The van der Waals surface area contributed by atoms with Gasteiger partial charge in [-0.3, -0.25) is 9.89 Å². The number of halogens is 2. The molecule has 1 unspecified atom stereocenters. The van der Waals surface area contributed by atoms with Crippen LogP contribution < -0.4 is 10.6 Å². The van der Waals surface area contributed by atoms with Crippen molar-refractivity contribution in [3.8, 4) is 0 Å². The summed E-state index contributed by atoms with van der Waals surface area (Å²) >= 11 is 1.75. The molecule has 31 heavy (non-hydrogen) atoms. The Morgan fingerprint density at radius 2 is 1.94 bits per heavy atom. The van der Waals surface area contributed by atoms with Gasteiger partial charge >= 0.3 is 0 Å². The van der Waals surface area contributed by atoms with Crippen molar-refractivity contribution < 1.29 is 9.13 Å². The van der Waals surface area contributed by atoms with E-state index in [2.05, 4.69) is 34.4 Å². The second kappa shape index (κ2) is 13.3. The lowest BCUT2D eigenvalue weighted by Gasteiger charge is -2.34. The number of thiazole rings is 1. The minimum atomic E-state index is -0.216. The van der Waals surface area contributed by atoms with Gasteiger partial charge in [0, 0.05) is 37.5 Å². The zero-order valence-corrected chi connectivity index (χ0v) is 21.6. The van der Waals surface area contributed by atoms with E-state index in [9.17, 15) is 4.39 Å². The van der Waals surface area contributed by atoms with Crippen LogP contribution in [0.5, 0.6) is 0 Å². The second-order valence-corrected chi connectivity index (χ2v) is 8.64. The number of morpholine rings is 1. The van der Waals surface area contributed by atoms with Crippen LogP contribution in [0.25, 0.3) is 0 Å². The highest BCUT2D eigenvalue weighted by molar-refractivity contribution is 14.0. The number of aryl methyl sites for hydroxylation is 2. The lowest BCUT2D eigenvalue weighted by atomic mass is 10.0. The highest BCUT2D eigenvalue weighted by atomic mass is 127. The van der Waals surface area contributed by atoms with E-state index in [-0.39, 0.29) is 35.8 Å². The molecular formula is C22H33FIN5OS. The zero-order valence-electron chi connectivity index (χ0n) is 18.5. The average molecular weight is 562 g/mol. The summed E-state index contributed by atoms with van der Waals surface area (Å²) < 4.78 is 18.9. The second-order valence-electron chi connectivity index (χ2n) is 7.35. The Morgan fingerprint density at radius 1 is 1.23 bits per heavy atom. The van der Waals surface area contributed by atoms with Crippen molar-refractivity contribution in [2.75, 3.05) is 45.9 Å². The number of aliphatic imine (C=N–C) groups is 1. The molecule has 0 bridgehead atoms. The number of guanidine groups is 1. The summed E-state index contributed by atoms with van der Waals surface area (Å²) in [6.07, 6.45) is 0.923. The number of ether oxygens (including phenoxy) is 1. The monoisotopic (exact) mass is 561 g/mol. The van der Waals surface area contributed by atoms with Crippen LogP contribution in [-0.2, 0) is 11.2 Å². The summed E-state index contributed by atoms with van der Waals surface area (Å²) in [5.41, 5.74) is 2.19. The van der Waals surface area contributed by atoms with Crippen LogP contribution in [0.1, 0.15) is 34.1 Å². The van der Waals surface area contributed by atoms with Crippen molar-refractivity contribution in [3.63, 3.8) is 0 Å². The van der Waals surface area contributed by atoms with E-state index in [1.807, 2.05) is 19.1 Å². The highest BCUT2D eigenvalue weighted by Crippen LogP contribution is 2.23. The van der Waals surface area contributed by atoms with E-state index < -0.39 is 0 Å². The van der Waals surface area contributed by atoms with Gasteiger partial charge in [-0.1, -0.05) is 12.1 Å². The van der Waals surface area contributed by atoms with Gasteiger partial charge in [-0.15, -0.1) is 35.3 Å². The Morgan fingerprint density at radius 3 is 2.55 bits per heavy atom. The van der Waals surface area contributed by atoms with E-state index >= 15 is 0 Å². The average Bonchev–Trinajstić information content (AvgIpc) is 3.07. The van der Waals surface area contributed by atoms with Crippen LogP contribution in [0.2, 0.25) is 0 Å². The first-order chi connectivity index (χ1) is 14.6. The fraction of sp³-hybridized carbons (Fsp3) is 0.545. The Hall–Kier alpha value is -1.30. The van der Waals surface area contributed by atoms with E-state index in [1.54, 1.807) is 11.3 Å². The molecule has 0 spiro atoms. The minimum Gasteiger partial charge on any atom is -0.379 e. The zero-order chi connectivity index (χ0) is 21.3. The fourth-order valence-electron chi connectivity index (χ4n) is 3.63. The quantitative estimate of drug-likeness (QED) is 0.293. The summed E-state index contributed by atoms with van der Waals surface area (Å²) in [5, 5.41) is 7.88. The maximum Gasteiger partial charge on any atom is 0.191 e. The minimum absolute atomic E-state index is 0. The van der Waals surface area contributed by atoms with E-state index in [1.165, 1.54) is 17.0 Å². The van der Waals surface area contributed by atoms with Gasteiger partial charge in [-0.2, -0.15) is 0 Å². The molecule has 0 amide bonds. The fourth-order valence-corrected chi connectivity index (χ4v) is 4.56. The molecule has 1 atom stereocenters. The number of nitrogens with one attached hydrogen (secondary N) is 2. The standard InChI is InChI=1S/C22H32FN5OS.HI/c1-4-24-22(25-10-9-21-16(2)27-17(3)30-21)26-15-20(28-11-13-29-14-12-28)18-5-7-19(23)8-6-18;/h5-8,20H,4,9-15H2,1-3H3,(H2,24,25,26);1H. The Bertz CT molecular complexity index is 824. The van der Waals surface area contributed by atoms with Crippen LogP contribution in [0.15, 0.2) is 29.3 Å². The Labute approximate surface area is 205 Å². The molecule has 172 valence electrons. The van der Waals surface area contributed by atoms with E-state index in [0.29, 0.717) is 19.8 Å². The summed E-state index contributed by atoms with van der Waals surface area (Å²) in [6.45, 7) is 11.5. The lowest BCUT2D eigenvalue weighted by molar-refractivity contribution is 0.0179. The van der Waals surface area contributed by atoms with Crippen LogP contribution in [0, 0.1) is 19.7 Å². The smallest absolute Gasteiger partial charge is 0.191 e. The van der Waals surface area contributed by atoms with Crippen molar-refractivity contribution in [1.82, 2.24) is 20.5 Å². The first-order valence-corrected chi connectivity index (χ1v) is 11.4. The van der Waals surface area contributed by atoms with Gasteiger partial charge in [0.1, 0.15) is 5.82 Å². The third kappa shape index (κ3) is 7.96. The topological polar surface area (TPSA) is 61.8 Å². The number of nitrogens with zero attached hydrogens (tertiary/aromatic N) is 3. The molecule has 0 saturated carbocycles. The number of benzene rings is 1. The van der Waals surface area contributed by atoms with Crippen molar-refractivity contribution in [2.45, 2.75) is 33.2 Å². The molecule has 1 fully saturated rings. The third-order valence-corrected chi connectivity index (χ3v) is 6.28. The van der Waals surface area contributed by atoms with Crippen molar-refractivity contribution >= 4 is 41.3 Å². The molecule has 6 nitrogen and oxygen atoms in total. The van der Waals surface area contributed by atoms with E-state index in [0.717, 1.165) is 54.8 Å². The van der Waals surface area contributed by atoms with E-state index in [4.69, 9.17) is 9.73 Å². The molecule has 2 heterocycles. The van der Waals surface area contributed by atoms with Gasteiger partial charge in [0.2, 0.25) is 0 Å². The van der Waals surface area contributed by atoms with Gasteiger partial charge in [0.05, 0.1) is 36.5 Å². The number of hydrogen-bond acceptors (Lipinski definition) is 5. The van der Waals surface area contributed by atoms with Gasteiger partial charge in [-0.25, -0.2) is 9.37 Å². The van der Waals surface area contributed by atoms with Crippen LogP contribution >= 0.6 is 35.3 Å². The maximum absolute atomic E-state index is 13.4. The predicted molar refractivity (Wildman–Crippen MR) is 136 cm³/mol. The molecule has 1 aliphatic rings. The molecule has 2 aromatic rings. The third-order valence-electron chi connectivity index (χ3n) is 5.15. The molecule has 1 saturated heterocycles. The van der Waals surface area contributed by atoms with Crippen molar-refractivity contribution in [2.24, 2.45) is 4.99 Å². The lowest BCUT2D eigenvalue weighted by Crippen LogP contribution is -2.42. The molecule has 9 heteroatoms. The Kier molecular flexibility index (Phi) is 11.1. The van der Waals surface area contributed by atoms with Crippen LogP contribution in [0.4, 0.5) is 4.39 Å². The molecule has 0 aliphatic carbocycles. The van der Waals surface area contributed by atoms with Crippen LogP contribution in [0.3, 0.4) is 0 Å². The summed E-state index contributed by atoms with van der Waals surface area (Å²) in [7, 11) is 0. The molecule has 0 radical (unpaired) electrons. The molecule has 1 aromatic carbocycles. The predicted octanol–water partition coefficient (Wildman–Crippen LogP) is 3.69. The van der Waals surface area contributed by atoms with Crippen molar-refractivity contribution in [1.29, 1.82) is 0 Å². The molecule has 2 N–H and O–H groups in total. The SMILES string of the molecule is CCNC(=NCC(c1ccc(F)cc1)N1CCOCC1)NCCc1sc(C)nc1C.I. The summed E-state index contributed by atoms with van der Waals surface area (Å²) in [5.74, 6) is 0.586. The molecule has 1 aliphatic heterocycles. The number of rotatable bonds is 8. The molecule has 3 rings (SSSR count). The van der Waals surface area contributed by atoms with Crippen LogP contribution in [-0.4, -0.2) is 61.8 Å². The van der Waals surface area contributed by atoms with Gasteiger partial charge < -0.3 is 15.4 Å². The van der Waals surface area contributed by atoms with Gasteiger partial charge in [-0.05, 0) is 38.5 Å².